The Hall–Kier alpha value is -2.81. The molecule has 164 valence electrons. The number of benzene rings is 1. The highest BCUT2D eigenvalue weighted by molar-refractivity contribution is 5.98. The summed E-state index contributed by atoms with van der Waals surface area (Å²) in [7, 11) is 1.57. The molecule has 1 amide bonds. The second kappa shape index (κ2) is 8.74. The molecular weight excluding hydrogens is 392 g/mol. The van der Waals surface area contributed by atoms with Crippen molar-refractivity contribution in [1.29, 1.82) is 5.26 Å². The minimum atomic E-state index is -0.795. The van der Waals surface area contributed by atoms with Crippen LogP contribution in [0.25, 0.3) is 6.08 Å². The molecule has 0 saturated heterocycles. The third-order valence-electron chi connectivity index (χ3n) is 7.48. The molecule has 0 spiro atoms. The summed E-state index contributed by atoms with van der Waals surface area (Å²) in [5.41, 5.74) is 0.724. The number of rotatable bonds is 7. The van der Waals surface area contributed by atoms with Crippen LogP contribution in [0.3, 0.4) is 0 Å². The second-order valence-electron chi connectivity index (χ2n) is 9.59. The normalized spacial score (nSPS) is 29.7. The lowest BCUT2D eigenvalue weighted by Crippen LogP contribution is -2.56. The fraction of sp³-hybridized carbons (Fsp3) is 0.560. The van der Waals surface area contributed by atoms with Crippen LogP contribution in [0.4, 0.5) is 0 Å². The Balaban J connectivity index is 1.31. The summed E-state index contributed by atoms with van der Waals surface area (Å²) in [6.07, 6.45) is 9.10. The number of carbonyl (C=O) groups excluding carboxylic acids is 2. The number of nitriles is 1. The number of esters is 1. The molecule has 4 aliphatic carbocycles. The number of amides is 1. The fourth-order valence-corrected chi connectivity index (χ4v) is 6.36. The van der Waals surface area contributed by atoms with Gasteiger partial charge in [-0.25, -0.2) is 4.79 Å². The summed E-state index contributed by atoms with van der Waals surface area (Å²) in [4.78, 5) is 24.8. The smallest absolute Gasteiger partial charge is 0.349 e. The van der Waals surface area contributed by atoms with Crippen LogP contribution in [-0.2, 0) is 14.3 Å². The van der Waals surface area contributed by atoms with E-state index >= 15 is 0 Å². The molecule has 0 heterocycles. The van der Waals surface area contributed by atoms with Gasteiger partial charge in [0.2, 0.25) is 0 Å². The molecule has 0 aromatic heterocycles. The minimum absolute atomic E-state index is 0.0670. The van der Waals surface area contributed by atoms with E-state index in [0.717, 1.165) is 17.8 Å². The molecule has 31 heavy (non-hydrogen) atoms. The first kappa shape index (κ1) is 21.4. The van der Waals surface area contributed by atoms with E-state index in [1.165, 1.54) is 44.6 Å². The van der Waals surface area contributed by atoms with Crippen molar-refractivity contribution in [3.8, 4) is 11.8 Å². The topological polar surface area (TPSA) is 88.4 Å². The van der Waals surface area contributed by atoms with E-state index in [9.17, 15) is 14.9 Å². The van der Waals surface area contributed by atoms with E-state index in [1.807, 2.05) is 6.07 Å². The van der Waals surface area contributed by atoms with Crippen molar-refractivity contribution in [2.75, 3.05) is 13.7 Å². The Morgan fingerprint density at radius 2 is 1.74 bits per heavy atom. The van der Waals surface area contributed by atoms with Gasteiger partial charge in [-0.1, -0.05) is 12.1 Å². The standard InChI is InChI=1S/C25H30N2O4/c1-16(25-11-18-7-19(12-25)9-20(8-18)13-25)27-23(28)15-31-24(29)21(14-26)10-17-3-5-22(30-2)6-4-17/h3-6,10,16,18-20H,7-9,11-13,15H2,1-2H3,(H,27,28). The van der Waals surface area contributed by atoms with Gasteiger partial charge in [0.05, 0.1) is 7.11 Å². The van der Waals surface area contributed by atoms with Crippen molar-refractivity contribution in [3.05, 3.63) is 35.4 Å². The average molecular weight is 423 g/mol. The maximum Gasteiger partial charge on any atom is 0.349 e. The van der Waals surface area contributed by atoms with Crippen molar-refractivity contribution in [1.82, 2.24) is 5.32 Å². The van der Waals surface area contributed by atoms with Crippen LogP contribution in [-0.4, -0.2) is 31.6 Å². The van der Waals surface area contributed by atoms with Gasteiger partial charge in [0.25, 0.3) is 5.91 Å². The molecule has 4 saturated carbocycles. The van der Waals surface area contributed by atoms with Crippen LogP contribution in [0, 0.1) is 34.5 Å². The Morgan fingerprint density at radius 1 is 1.16 bits per heavy atom. The molecular formula is C25H30N2O4. The molecule has 0 radical (unpaired) electrons. The highest BCUT2D eigenvalue weighted by Gasteiger charge is 2.53. The predicted octanol–water partition coefficient (Wildman–Crippen LogP) is 3.87. The molecule has 1 aromatic rings. The summed E-state index contributed by atoms with van der Waals surface area (Å²) >= 11 is 0. The molecule has 4 aliphatic rings. The molecule has 0 aliphatic heterocycles. The molecule has 6 heteroatoms. The fourth-order valence-electron chi connectivity index (χ4n) is 6.36. The predicted molar refractivity (Wildman–Crippen MR) is 116 cm³/mol. The maximum absolute atomic E-state index is 12.5. The lowest BCUT2D eigenvalue weighted by molar-refractivity contribution is -0.145. The van der Waals surface area contributed by atoms with Gasteiger partial charge >= 0.3 is 5.97 Å². The third kappa shape index (κ3) is 4.61. The molecule has 1 N–H and O–H groups in total. The summed E-state index contributed by atoms with van der Waals surface area (Å²) in [6, 6.07) is 8.88. The number of hydrogen-bond donors (Lipinski definition) is 1. The first-order valence-electron chi connectivity index (χ1n) is 11.1. The van der Waals surface area contributed by atoms with Gasteiger partial charge in [-0.3, -0.25) is 4.79 Å². The van der Waals surface area contributed by atoms with Crippen molar-refractivity contribution >= 4 is 18.0 Å². The van der Waals surface area contributed by atoms with E-state index in [2.05, 4.69) is 12.2 Å². The van der Waals surface area contributed by atoms with Crippen LogP contribution in [0.1, 0.15) is 51.0 Å². The zero-order valence-corrected chi connectivity index (χ0v) is 18.2. The number of nitrogens with zero attached hydrogens (tertiary/aromatic N) is 1. The lowest BCUT2D eigenvalue weighted by atomic mass is 9.48. The first-order chi connectivity index (χ1) is 14.9. The number of methoxy groups -OCH3 is 1. The van der Waals surface area contributed by atoms with Gasteiger partial charge in [0.1, 0.15) is 17.4 Å². The summed E-state index contributed by atoms with van der Waals surface area (Å²) in [6.45, 7) is 1.72. The maximum atomic E-state index is 12.5. The average Bonchev–Trinajstić information content (AvgIpc) is 2.75. The zero-order valence-electron chi connectivity index (χ0n) is 18.2. The van der Waals surface area contributed by atoms with E-state index in [1.54, 1.807) is 31.4 Å². The third-order valence-corrected chi connectivity index (χ3v) is 7.48. The Labute approximate surface area is 183 Å². The van der Waals surface area contributed by atoms with E-state index in [4.69, 9.17) is 9.47 Å². The first-order valence-corrected chi connectivity index (χ1v) is 11.1. The van der Waals surface area contributed by atoms with Crippen LogP contribution in [0.15, 0.2) is 29.8 Å². The van der Waals surface area contributed by atoms with Gasteiger partial charge in [-0.15, -0.1) is 0 Å². The molecule has 4 bridgehead atoms. The summed E-state index contributed by atoms with van der Waals surface area (Å²) in [5, 5.41) is 12.4. The zero-order chi connectivity index (χ0) is 22.0. The van der Waals surface area contributed by atoms with Gasteiger partial charge in [0, 0.05) is 6.04 Å². The van der Waals surface area contributed by atoms with E-state index in [0.29, 0.717) is 11.3 Å². The summed E-state index contributed by atoms with van der Waals surface area (Å²) in [5.74, 6) is 2.01. The highest BCUT2D eigenvalue weighted by Crippen LogP contribution is 2.61. The van der Waals surface area contributed by atoms with Crippen LogP contribution in [0.2, 0.25) is 0 Å². The quantitative estimate of drug-likeness (QED) is 0.409. The van der Waals surface area contributed by atoms with Gasteiger partial charge < -0.3 is 14.8 Å². The van der Waals surface area contributed by atoms with Crippen molar-refractivity contribution in [3.63, 3.8) is 0 Å². The monoisotopic (exact) mass is 422 g/mol. The number of carbonyl (C=O) groups is 2. The number of ether oxygens (including phenoxy) is 2. The Bertz CT molecular complexity index is 877. The van der Waals surface area contributed by atoms with E-state index in [-0.39, 0.29) is 29.5 Å². The van der Waals surface area contributed by atoms with Crippen molar-refractivity contribution in [2.24, 2.45) is 23.2 Å². The molecule has 1 aromatic carbocycles. The molecule has 1 unspecified atom stereocenters. The lowest BCUT2D eigenvalue weighted by Gasteiger charge is -2.59. The van der Waals surface area contributed by atoms with Gasteiger partial charge in [-0.05, 0) is 92.4 Å². The molecule has 4 fully saturated rings. The van der Waals surface area contributed by atoms with Crippen molar-refractivity contribution in [2.45, 2.75) is 51.5 Å². The SMILES string of the molecule is COc1ccc(C=C(C#N)C(=O)OCC(=O)NC(C)C23CC4CC(CC(C4)C2)C3)cc1. The van der Waals surface area contributed by atoms with Gasteiger partial charge in [-0.2, -0.15) is 5.26 Å². The van der Waals surface area contributed by atoms with Gasteiger partial charge in [0.15, 0.2) is 6.61 Å². The summed E-state index contributed by atoms with van der Waals surface area (Å²) < 4.78 is 10.2. The minimum Gasteiger partial charge on any atom is -0.497 e. The number of hydrogen-bond acceptors (Lipinski definition) is 5. The Kier molecular flexibility index (Phi) is 6.04. The molecule has 6 nitrogen and oxygen atoms in total. The van der Waals surface area contributed by atoms with Crippen LogP contribution >= 0.6 is 0 Å². The van der Waals surface area contributed by atoms with E-state index < -0.39 is 5.97 Å². The largest absolute Gasteiger partial charge is 0.497 e. The highest BCUT2D eigenvalue weighted by atomic mass is 16.5. The molecule has 1 atom stereocenters. The van der Waals surface area contributed by atoms with Crippen LogP contribution in [0.5, 0.6) is 5.75 Å². The molecule has 5 rings (SSSR count). The van der Waals surface area contributed by atoms with Crippen molar-refractivity contribution < 1.29 is 19.1 Å². The second-order valence-corrected chi connectivity index (χ2v) is 9.59. The van der Waals surface area contributed by atoms with Crippen LogP contribution < -0.4 is 10.1 Å². The Morgan fingerprint density at radius 3 is 2.26 bits per heavy atom. The number of nitrogens with one attached hydrogen (secondary N) is 1.